The van der Waals surface area contributed by atoms with Gasteiger partial charge in [0.25, 0.3) is 5.56 Å². The number of rotatable bonds is 4. The molecular weight excluding hydrogens is 422 g/mol. The standard InChI is InChI=1S/C22H18ClN3O3S/c1-3-29-21(28)18-13(2)25-22-26(19(18)14-7-9-15(23)10-8-14)20(27)17(30-22)12-16-6-4-5-11-24-16/h4-12,19H,3H2,1-2H3. The molecule has 0 radical (unpaired) electrons. The first-order valence-electron chi connectivity index (χ1n) is 9.35. The van der Waals surface area contributed by atoms with Crippen LogP contribution in [0.25, 0.3) is 6.08 Å². The zero-order valence-corrected chi connectivity index (χ0v) is 17.9. The number of benzene rings is 1. The molecule has 0 saturated carbocycles. The third kappa shape index (κ3) is 3.74. The summed E-state index contributed by atoms with van der Waals surface area (Å²) in [4.78, 5) is 35.5. The maximum absolute atomic E-state index is 13.4. The van der Waals surface area contributed by atoms with Crippen LogP contribution in [0.5, 0.6) is 0 Å². The molecule has 1 aliphatic rings. The Bertz CT molecular complexity index is 1310. The number of thiazole rings is 1. The first-order chi connectivity index (χ1) is 14.5. The van der Waals surface area contributed by atoms with Gasteiger partial charge in [-0.05, 0) is 49.8 Å². The van der Waals surface area contributed by atoms with Crippen LogP contribution < -0.4 is 14.9 Å². The SMILES string of the molecule is CCOC(=O)C1=C(C)N=c2sc(=Cc3ccccn3)c(=O)n2C1c1ccc(Cl)cc1. The molecule has 1 unspecified atom stereocenters. The highest BCUT2D eigenvalue weighted by molar-refractivity contribution is 7.07. The normalized spacial score (nSPS) is 16.2. The van der Waals surface area contributed by atoms with Crippen molar-refractivity contribution in [3.63, 3.8) is 0 Å². The van der Waals surface area contributed by atoms with Crippen molar-refractivity contribution in [3.8, 4) is 0 Å². The Hall–Kier alpha value is -3.03. The Morgan fingerprint density at radius 3 is 2.70 bits per heavy atom. The predicted octanol–water partition coefficient (Wildman–Crippen LogP) is 2.85. The van der Waals surface area contributed by atoms with Crippen LogP contribution in [-0.4, -0.2) is 22.1 Å². The van der Waals surface area contributed by atoms with Crippen molar-refractivity contribution < 1.29 is 9.53 Å². The molecule has 6 nitrogen and oxygen atoms in total. The van der Waals surface area contributed by atoms with Gasteiger partial charge in [-0.25, -0.2) is 9.79 Å². The molecule has 8 heteroatoms. The minimum Gasteiger partial charge on any atom is -0.463 e. The third-order valence-electron chi connectivity index (χ3n) is 4.67. The summed E-state index contributed by atoms with van der Waals surface area (Å²) >= 11 is 7.32. The zero-order valence-electron chi connectivity index (χ0n) is 16.3. The first-order valence-corrected chi connectivity index (χ1v) is 10.5. The van der Waals surface area contributed by atoms with E-state index in [-0.39, 0.29) is 12.2 Å². The highest BCUT2D eigenvalue weighted by atomic mass is 35.5. The number of fused-ring (bicyclic) bond motifs is 1. The van der Waals surface area contributed by atoms with Gasteiger partial charge in [-0.1, -0.05) is 41.1 Å². The Balaban J connectivity index is 1.96. The summed E-state index contributed by atoms with van der Waals surface area (Å²) in [5.41, 5.74) is 2.06. The van der Waals surface area contributed by atoms with Crippen molar-refractivity contribution in [3.05, 3.63) is 95.9 Å². The van der Waals surface area contributed by atoms with Gasteiger partial charge in [-0.15, -0.1) is 0 Å². The molecule has 3 aromatic rings. The molecule has 0 N–H and O–H groups in total. The molecular formula is C22H18ClN3O3S. The van der Waals surface area contributed by atoms with E-state index in [9.17, 15) is 9.59 Å². The zero-order chi connectivity index (χ0) is 21.3. The lowest BCUT2D eigenvalue weighted by Crippen LogP contribution is -2.39. The molecule has 1 aliphatic heterocycles. The first kappa shape index (κ1) is 20.3. The maximum atomic E-state index is 13.4. The largest absolute Gasteiger partial charge is 0.463 e. The second-order valence-corrected chi connectivity index (χ2v) is 8.05. The minimum absolute atomic E-state index is 0.229. The molecule has 2 aromatic heterocycles. The number of esters is 1. The molecule has 1 aromatic carbocycles. The van der Waals surface area contributed by atoms with Gasteiger partial charge < -0.3 is 4.74 Å². The predicted molar refractivity (Wildman–Crippen MR) is 116 cm³/mol. The summed E-state index contributed by atoms with van der Waals surface area (Å²) in [6.07, 6.45) is 3.40. The van der Waals surface area contributed by atoms with E-state index in [1.807, 2.05) is 18.2 Å². The van der Waals surface area contributed by atoms with Crippen LogP contribution in [0.3, 0.4) is 0 Å². The topological polar surface area (TPSA) is 73.6 Å². The van der Waals surface area contributed by atoms with Crippen molar-refractivity contribution in [2.45, 2.75) is 19.9 Å². The average molecular weight is 440 g/mol. The van der Waals surface area contributed by atoms with Crippen LogP contribution in [-0.2, 0) is 9.53 Å². The fraction of sp³-hybridized carbons (Fsp3) is 0.182. The Labute approximate surface area is 181 Å². The third-order valence-corrected chi connectivity index (χ3v) is 5.90. The van der Waals surface area contributed by atoms with Gasteiger partial charge in [0.05, 0.1) is 34.1 Å². The van der Waals surface area contributed by atoms with Crippen molar-refractivity contribution in [1.29, 1.82) is 0 Å². The number of hydrogen-bond acceptors (Lipinski definition) is 6. The number of allylic oxidation sites excluding steroid dienone is 1. The van der Waals surface area contributed by atoms with Crippen LogP contribution in [0.2, 0.25) is 5.02 Å². The number of ether oxygens (including phenoxy) is 1. The minimum atomic E-state index is -0.650. The van der Waals surface area contributed by atoms with Crippen LogP contribution in [0.1, 0.15) is 31.1 Å². The number of aromatic nitrogens is 2. The van der Waals surface area contributed by atoms with Gasteiger partial charge in [-0.3, -0.25) is 14.3 Å². The molecule has 0 saturated heterocycles. The highest BCUT2D eigenvalue weighted by Crippen LogP contribution is 2.31. The van der Waals surface area contributed by atoms with E-state index in [0.29, 0.717) is 31.3 Å². The maximum Gasteiger partial charge on any atom is 0.338 e. The number of halogens is 1. The number of nitrogens with zero attached hydrogens (tertiary/aromatic N) is 3. The summed E-state index contributed by atoms with van der Waals surface area (Å²) in [5, 5.41) is 0.569. The number of pyridine rings is 1. The van der Waals surface area contributed by atoms with Gasteiger partial charge in [0.2, 0.25) is 0 Å². The molecule has 152 valence electrons. The Kier molecular flexibility index (Phi) is 5.65. The summed E-state index contributed by atoms with van der Waals surface area (Å²) in [5.74, 6) is -0.488. The molecule has 3 heterocycles. The second kappa shape index (κ2) is 8.38. The molecule has 0 amide bonds. The summed E-state index contributed by atoms with van der Waals surface area (Å²) in [6, 6.07) is 11.9. The molecule has 0 fully saturated rings. The fourth-order valence-electron chi connectivity index (χ4n) is 3.35. The second-order valence-electron chi connectivity index (χ2n) is 6.61. The summed E-state index contributed by atoms with van der Waals surface area (Å²) in [7, 11) is 0. The van der Waals surface area contributed by atoms with E-state index >= 15 is 0 Å². The smallest absolute Gasteiger partial charge is 0.338 e. The van der Waals surface area contributed by atoms with Gasteiger partial charge in [0.15, 0.2) is 4.80 Å². The van der Waals surface area contributed by atoms with E-state index in [1.54, 1.807) is 55.0 Å². The lowest BCUT2D eigenvalue weighted by Gasteiger charge is -2.24. The summed E-state index contributed by atoms with van der Waals surface area (Å²) in [6.45, 7) is 3.73. The number of hydrogen-bond donors (Lipinski definition) is 0. The van der Waals surface area contributed by atoms with E-state index in [4.69, 9.17) is 16.3 Å². The fourth-order valence-corrected chi connectivity index (χ4v) is 4.50. The van der Waals surface area contributed by atoms with Gasteiger partial charge >= 0.3 is 5.97 Å². The molecule has 30 heavy (non-hydrogen) atoms. The van der Waals surface area contributed by atoms with Crippen LogP contribution in [0.15, 0.2) is 69.7 Å². The molecule has 0 aliphatic carbocycles. The lowest BCUT2D eigenvalue weighted by atomic mass is 9.96. The van der Waals surface area contributed by atoms with Crippen molar-refractivity contribution in [2.24, 2.45) is 4.99 Å². The molecule has 0 spiro atoms. The molecule has 1 atom stereocenters. The van der Waals surface area contributed by atoms with E-state index in [2.05, 4.69) is 9.98 Å². The van der Waals surface area contributed by atoms with Gasteiger partial charge in [0.1, 0.15) is 0 Å². The van der Waals surface area contributed by atoms with E-state index in [1.165, 1.54) is 11.3 Å². The van der Waals surface area contributed by atoms with Crippen molar-refractivity contribution >= 4 is 35.0 Å². The van der Waals surface area contributed by atoms with Crippen LogP contribution >= 0.6 is 22.9 Å². The van der Waals surface area contributed by atoms with Gasteiger partial charge in [-0.2, -0.15) is 0 Å². The number of carbonyl (C=O) groups is 1. The average Bonchev–Trinajstić information content (AvgIpc) is 3.03. The lowest BCUT2D eigenvalue weighted by molar-refractivity contribution is -0.139. The van der Waals surface area contributed by atoms with Crippen molar-refractivity contribution in [1.82, 2.24) is 9.55 Å². The summed E-state index contributed by atoms with van der Waals surface area (Å²) < 4.78 is 7.31. The highest BCUT2D eigenvalue weighted by Gasteiger charge is 2.33. The van der Waals surface area contributed by atoms with Crippen molar-refractivity contribution in [2.75, 3.05) is 6.61 Å². The van der Waals surface area contributed by atoms with Crippen LogP contribution in [0, 0.1) is 0 Å². The van der Waals surface area contributed by atoms with Crippen LogP contribution in [0.4, 0.5) is 0 Å². The van der Waals surface area contributed by atoms with Gasteiger partial charge in [0, 0.05) is 11.2 Å². The van der Waals surface area contributed by atoms with E-state index < -0.39 is 12.0 Å². The quantitative estimate of drug-likeness (QED) is 0.586. The molecule has 4 rings (SSSR count). The molecule has 0 bridgehead atoms. The monoisotopic (exact) mass is 439 g/mol. The Morgan fingerprint density at radius 1 is 1.27 bits per heavy atom. The Morgan fingerprint density at radius 2 is 2.03 bits per heavy atom. The van der Waals surface area contributed by atoms with E-state index in [0.717, 1.165) is 5.56 Å². The number of carbonyl (C=O) groups excluding carboxylic acids is 1.